The Kier molecular flexibility index (Phi) is 11.4. The van der Waals surface area contributed by atoms with Crippen LogP contribution in [0.5, 0.6) is 5.75 Å². The van der Waals surface area contributed by atoms with Gasteiger partial charge in [-0.15, -0.1) is 0 Å². The van der Waals surface area contributed by atoms with Gasteiger partial charge in [-0.05, 0) is 65.3 Å². The lowest BCUT2D eigenvalue weighted by Gasteiger charge is -2.22. The Bertz CT molecular complexity index is 1290. The Morgan fingerprint density at radius 2 is 1.56 bits per heavy atom. The number of carboxylic acids is 1. The van der Waals surface area contributed by atoms with E-state index in [4.69, 9.17) is 9.84 Å². The molecule has 0 radical (unpaired) electrons. The van der Waals surface area contributed by atoms with E-state index in [2.05, 4.69) is 12.2 Å². The van der Waals surface area contributed by atoms with E-state index in [1.807, 2.05) is 26.0 Å². The van der Waals surface area contributed by atoms with Gasteiger partial charge in [-0.2, -0.15) is 13.2 Å². The molecular formula is C33H38F3NO4. The highest BCUT2D eigenvalue weighted by molar-refractivity contribution is 5.94. The third kappa shape index (κ3) is 9.37. The zero-order chi connectivity index (χ0) is 30.0. The number of unbranched alkanes of at least 4 members (excludes halogenated alkanes) is 3. The molecule has 0 aliphatic rings. The van der Waals surface area contributed by atoms with Crippen LogP contribution in [-0.2, 0) is 11.0 Å². The number of carbonyl (C=O) groups excluding carboxylic acids is 1. The van der Waals surface area contributed by atoms with Crippen LogP contribution < -0.4 is 10.1 Å². The summed E-state index contributed by atoms with van der Waals surface area (Å²) in [5.41, 5.74) is 1.98. The third-order valence-corrected chi connectivity index (χ3v) is 6.95. The first-order chi connectivity index (χ1) is 19.5. The molecule has 8 heteroatoms. The minimum absolute atomic E-state index is 0.0124. The fourth-order valence-corrected chi connectivity index (χ4v) is 4.58. The summed E-state index contributed by atoms with van der Waals surface area (Å²) in [4.78, 5) is 23.0. The van der Waals surface area contributed by atoms with Crippen LogP contribution in [-0.4, -0.2) is 23.5 Å². The molecule has 41 heavy (non-hydrogen) atoms. The van der Waals surface area contributed by atoms with E-state index in [-0.39, 0.29) is 30.2 Å². The number of carbonyl (C=O) groups is 2. The van der Waals surface area contributed by atoms with Gasteiger partial charge in [-0.25, -0.2) is 0 Å². The van der Waals surface area contributed by atoms with Crippen LogP contribution in [0.2, 0.25) is 0 Å². The largest absolute Gasteiger partial charge is 0.486 e. The van der Waals surface area contributed by atoms with Crippen LogP contribution in [0.25, 0.3) is 11.1 Å². The molecule has 1 atom stereocenters. The number of alkyl halides is 3. The molecule has 3 aromatic rings. The molecule has 0 aromatic heterocycles. The van der Waals surface area contributed by atoms with Gasteiger partial charge >= 0.3 is 12.1 Å². The summed E-state index contributed by atoms with van der Waals surface area (Å²) in [5, 5.41) is 11.3. The number of nitrogens with one attached hydrogen (secondary N) is 1. The predicted molar refractivity (Wildman–Crippen MR) is 154 cm³/mol. The van der Waals surface area contributed by atoms with Crippen LogP contribution >= 0.6 is 0 Å². The summed E-state index contributed by atoms with van der Waals surface area (Å²) >= 11 is 0. The second-order valence-corrected chi connectivity index (χ2v) is 10.5. The molecular weight excluding hydrogens is 531 g/mol. The van der Waals surface area contributed by atoms with Crippen molar-refractivity contribution in [1.82, 2.24) is 5.32 Å². The second kappa shape index (κ2) is 14.7. The van der Waals surface area contributed by atoms with Gasteiger partial charge < -0.3 is 15.2 Å². The molecule has 0 saturated carbocycles. The molecule has 1 unspecified atom stereocenters. The van der Waals surface area contributed by atoms with E-state index in [9.17, 15) is 22.8 Å². The predicted octanol–water partition coefficient (Wildman–Crippen LogP) is 8.79. The number of carboxylic acid groups (broad SMARTS) is 1. The van der Waals surface area contributed by atoms with Gasteiger partial charge in [0.15, 0.2) is 0 Å². The molecule has 0 bridgehead atoms. The highest BCUT2D eigenvalue weighted by atomic mass is 19.4. The van der Waals surface area contributed by atoms with Gasteiger partial charge in [0.2, 0.25) is 0 Å². The van der Waals surface area contributed by atoms with Crippen LogP contribution in [0.1, 0.15) is 98.4 Å². The van der Waals surface area contributed by atoms with Crippen LogP contribution in [0.15, 0.2) is 66.7 Å². The SMILES string of the molecule is CCCCCCC(Oc1ccc(-c2ccc(C(C)C)cc2)c(C(F)(F)F)c1)c1ccc(C(=O)NCCC(=O)O)cc1. The van der Waals surface area contributed by atoms with Gasteiger partial charge in [0.1, 0.15) is 11.9 Å². The normalized spacial score (nSPS) is 12.3. The summed E-state index contributed by atoms with van der Waals surface area (Å²) < 4.78 is 48.8. The summed E-state index contributed by atoms with van der Waals surface area (Å²) in [6.45, 7) is 6.18. The number of aliphatic carboxylic acids is 1. The monoisotopic (exact) mass is 569 g/mol. The average molecular weight is 570 g/mol. The lowest BCUT2D eigenvalue weighted by molar-refractivity contribution is -0.138. The van der Waals surface area contributed by atoms with Crippen molar-refractivity contribution in [1.29, 1.82) is 0 Å². The first-order valence-corrected chi connectivity index (χ1v) is 14.1. The van der Waals surface area contributed by atoms with Gasteiger partial charge in [0.05, 0.1) is 12.0 Å². The molecule has 3 aromatic carbocycles. The van der Waals surface area contributed by atoms with Crippen molar-refractivity contribution in [2.75, 3.05) is 6.54 Å². The highest BCUT2D eigenvalue weighted by Crippen LogP contribution is 2.40. The molecule has 0 spiro atoms. The van der Waals surface area contributed by atoms with Crippen molar-refractivity contribution >= 4 is 11.9 Å². The first kappa shape index (κ1) is 31.7. The van der Waals surface area contributed by atoms with Crippen LogP contribution in [0, 0.1) is 0 Å². The lowest BCUT2D eigenvalue weighted by atomic mass is 9.95. The number of amides is 1. The number of ether oxygens (including phenoxy) is 1. The molecule has 3 rings (SSSR count). The van der Waals surface area contributed by atoms with E-state index in [0.29, 0.717) is 17.5 Å². The molecule has 1 amide bonds. The third-order valence-electron chi connectivity index (χ3n) is 6.95. The highest BCUT2D eigenvalue weighted by Gasteiger charge is 2.34. The van der Waals surface area contributed by atoms with E-state index in [1.54, 1.807) is 42.5 Å². The van der Waals surface area contributed by atoms with E-state index in [0.717, 1.165) is 42.9 Å². The fraction of sp³-hybridized carbons (Fsp3) is 0.394. The fourth-order valence-electron chi connectivity index (χ4n) is 4.58. The van der Waals surface area contributed by atoms with E-state index < -0.39 is 29.7 Å². The molecule has 0 heterocycles. The summed E-state index contributed by atoms with van der Waals surface area (Å²) in [6.07, 6.45) is -0.757. The Labute approximate surface area is 239 Å². The number of rotatable bonds is 14. The maximum atomic E-state index is 14.2. The van der Waals surface area contributed by atoms with Gasteiger partial charge in [-0.3, -0.25) is 9.59 Å². The van der Waals surface area contributed by atoms with Gasteiger partial charge in [0.25, 0.3) is 5.91 Å². The van der Waals surface area contributed by atoms with Gasteiger partial charge in [-0.1, -0.05) is 82.5 Å². The van der Waals surface area contributed by atoms with Crippen molar-refractivity contribution in [2.24, 2.45) is 0 Å². The summed E-state index contributed by atoms with van der Waals surface area (Å²) in [7, 11) is 0. The Hall–Kier alpha value is -3.81. The zero-order valence-electron chi connectivity index (χ0n) is 23.8. The van der Waals surface area contributed by atoms with Crippen LogP contribution in [0.4, 0.5) is 13.2 Å². The molecule has 5 nitrogen and oxygen atoms in total. The lowest BCUT2D eigenvalue weighted by Crippen LogP contribution is -2.26. The number of hydrogen-bond donors (Lipinski definition) is 2. The van der Waals surface area contributed by atoms with E-state index >= 15 is 0 Å². The first-order valence-electron chi connectivity index (χ1n) is 14.1. The minimum atomic E-state index is -4.57. The molecule has 0 saturated heterocycles. The molecule has 0 fully saturated rings. The maximum absolute atomic E-state index is 14.2. The number of hydrogen-bond acceptors (Lipinski definition) is 3. The van der Waals surface area contributed by atoms with Crippen molar-refractivity contribution in [3.05, 3.63) is 89.0 Å². The zero-order valence-corrected chi connectivity index (χ0v) is 23.8. The summed E-state index contributed by atoms with van der Waals surface area (Å²) in [5.74, 6) is -1.01. The van der Waals surface area contributed by atoms with Crippen molar-refractivity contribution in [3.63, 3.8) is 0 Å². The quantitative estimate of drug-likeness (QED) is 0.190. The smallest absolute Gasteiger partial charge is 0.417 e. The molecule has 2 N–H and O–H groups in total. The Morgan fingerprint density at radius 3 is 2.15 bits per heavy atom. The maximum Gasteiger partial charge on any atom is 0.417 e. The molecule has 0 aliphatic carbocycles. The van der Waals surface area contributed by atoms with Crippen molar-refractivity contribution in [2.45, 2.75) is 77.5 Å². The minimum Gasteiger partial charge on any atom is -0.486 e. The molecule has 220 valence electrons. The Morgan fingerprint density at radius 1 is 0.902 bits per heavy atom. The van der Waals surface area contributed by atoms with Crippen molar-refractivity contribution < 1.29 is 32.6 Å². The average Bonchev–Trinajstić information content (AvgIpc) is 2.94. The summed E-state index contributed by atoms with van der Waals surface area (Å²) in [6, 6.07) is 17.9. The van der Waals surface area contributed by atoms with E-state index in [1.165, 1.54) is 6.07 Å². The van der Waals surface area contributed by atoms with Gasteiger partial charge in [0, 0.05) is 12.1 Å². The Balaban J connectivity index is 1.86. The number of halogens is 3. The van der Waals surface area contributed by atoms with Crippen LogP contribution in [0.3, 0.4) is 0 Å². The molecule has 0 aliphatic heterocycles. The van der Waals surface area contributed by atoms with Crippen molar-refractivity contribution in [3.8, 4) is 16.9 Å². The standard InChI is InChI=1S/C33H38F3NO4/c1-4-5-6-7-8-30(25-13-15-26(16-14-25)32(40)37-20-19-31(38)39)41-27-17-18-28(29(21-27)33(34,35)36)24-11-9-23(10-12-24)22(2)3/h9-18,21-22,30H,4-8,19-20H2,1-3H3,(H,37,40)(H,38,39). The number of benzene rings is 3. The topological polar surface area (TPSA) is 75.6 Å². The second-order valence-electron chi connectivity index (χ2n) is 10.5.